The van der Waals surface area contributed by atoms with E-state index < -0.39 is 0 Å². The molecule has 3 fully saturated rings. The summed E-state index contributed by atoms with van der Waals surface area (Å²) in [5, 5.41) is 0. The van der Waals surface area contributed by atoms with Crippen molar-refractivity contribution in [3.8, 4) is 11.5 Å². The molecule has 3 aliphatic rings. The summed E-state index contributed by atoms with van der Waals surface area (Å²) in [4.78, 5) is 0. The van der Waals surface area contributed by atoms with E-state index >= 15 is 0 Å². The van der Waals surface area contributed by atoms with Gasteiger partial charge in [0.2, 0.25) is 0 Å². The molecule has 32 heavy (non-hydrogen) atoms. The highest BCUT2D eigenvalue weighted by atomic mass is 16.6. The van der Waals surface area contributed by atoms with Crippen LogP contribution >= 0.6 is 0 Å². The van der Waals surface area contributed by atoms with Crippen LogP contribution in [0.1, 0.15) is 75.3 Å². The summed E-state index contributed by atoms with van der Waals surface area (Å²) in [6.07, 6.45) is 7.88. The Labute approximate surface area is 192 Å². The number of benzene rings is 2. The van der Waals surface area contributed by atoms with Crippen molar-refractivity contribution in [2.24, 2.45) is 0 Å². The lowest BCUT2D eigenvalue weighted by molar-refractivity contribution is 0.155. The van der Waals surface area contributed by atoms with Gasteiger partial charge in [-0.2, -0.15) is 0 Å². The molecule has 2 heterocycles. The number of rotatable bonds is 10. The first-order valence-corrected chi connectivity index (χ1v) is 12.5. The van der Waals surface area contributed by atoms with Gasteiger partial charge >= 0.3 is 0 Å². The van der Waals surface area contributed by atoms with Crippen molar-refractivity contribution in [3.05, 3.63) is 59.7 Å². The number of epoxide rings is 2. The second kappa shape index (κ2) is 9.84. The van der Waals surface area contributed by atoms with Gasteiger partial charge in [-0.3, -0.25) is 0 Å². The van der Waals surface area contributed by atoms with Gasteiger partial charge in [-0.25, -0.2) is 0 Å². The van der Waals surface area contributed by atoms with Crippen molar-refractivity contribution in [2.75, 3.05) is 13.2 Å². The van der Waals surface area contributed by atoms with E-state index in [-0.39, 0.29) is 24.4 Å². The van der Waals surface area contributed by atoms with Gasteiger partial charge in [0.05, 0.1) is 13.2 Å². The summed E-state index contributed by atoms with van der Waals surface area (Å²) in [5.41, 5.74) is 2.89. The van der Waals surface area contributed by atoms with Crippen LogP contribution in [-0.2, 0) is 9.47 Å². The van der Waals surface area contributed by atoms with E-state index in [2.05, 4.69) is 62.4 Å². The molecule has 0 aromatic heterocycles. The molecule has 172 valence electrons. The molecule has 0 bridgehead atoms. The normalized spacial score (nSPS) is 28.6. The Hall–Kier alpha value is -2.04. The lowest BCUT2D eigenvalue weighted by Gasteiger charge is -2.29. The third-order valence-electron chi connectivity index (χ3n) is 7.36. The fraction of sp³-hybridized carbons (Fsp3) is 0.571. The van der Waals surface area contributed by atoms with E-state index in [1.54, 1.807) is 0 Å². The number of ether oxygens (including phenoxy) is 4. The van der Waals surface area contributed by atoms with Gasteiger partial charge in [0.15, 0.2) is 0 Å². The average molecular weight is 437 g/mol. The lowest BCUT2D eigenvalue weighted by Crippen LogP contribution is -2.22. The van der Waals surface area contributed by atoms with Gasteiger partial charge in [-0.15, -0.1) is 0 Å². The van der Waals surface area contributed by atoms with Crippen molar-refractivity contribution in [3.63, 3.8) is 0 Å². The number of hydrogen-bond donors (Lipinski definition) is 0. The Balaban J connectivity index is 1.12. The second-order valence-electron chi connectivity index (χ2n) is 9.56. The molecule has 4 unspecified atom stereocenters. The summed E-state index contributed by atoms with van der Waals surface area (Å²) in [6.45, 7) is 5.99. The van der Waals surface area contributed by atoms with Gasteiger partial charge in [0.1, 0.15) is 35.9 Å². The van der Waals surface area contributed by atoms with E-state index in [4.69, 9.17) is 18.9 Å². The Kier molecular flexibility index (Phi) is 6.70. The maximum atomic E-state index is 6.12. The lowest BCUT2D eigenvalue weighted by atomic mass is 9.76. The van der Waals surface area contributed by atoms with Crippen LogP contribution < -0.4 is 9.47 Å². The molecular formula is C28H36O4. The van der Waals surface area contributed by atoms with E-state index in [0.29, 0.717) is 11.8 Å². The van der Waals surface area contributed by atoms with Gasteiger partial charge < -0.3 is 18.9 Å². The molecule has 0 spiro atoms. The second-order valence-corrected chi connectivity index (χ2v) is 9.56. The Morgan fingerprint density at radius 3 is 1.28 bits per heavy atom. The maximum absolute atomic E-state index is 6.12. The molecule has 2 aliphatic heterocycles. The summed E-state index contributed by atoms with van der Waals surface area (Å²) < 4.78 is 23.0. The van der Waals surface area contributed by atoms with Gasteiger partial charge in [-0.1, -0.05) is 38.1 Å². The smallest absolute Gasteiger partial charge is 0.127 e. The van der Waals surface area contributed by atoms with E-state index in [0.717, 1.165) is 37.6 Å². The predicted octanol–water partition coefficient (Wildman–Crippen LogP) is 6.24. The zero-order chi connectivity index (χ0) is 21.9. The molecule has 4 atom stereocenters. The summed E-state index contributed by atoms with van der Waals surface area (Å²) in [7, 11) is 0. The van der Waals surface area contributed by atoms with Crippen molar-refractivity contribution < 1.29 is 18.9 Å². The zero-order valence-corrected chi connectivity index (χ0v) is 19.4. The highest BCUT2D eigenvalue weighted by Crippen LogP contribution is 2.41. The first kappa shape index (κ1) is 21.8. The van der Waals surface area contributed by atoms with Crippen molar-refractivity contribution in [2.45, 2.75) is 88.6 Å². The van der Waals surface area contributed by atoms with Crippen LogP contribution in [0, 0.1) is 0 Å². The molecule has 2 aromatic carbocycles. The van der Waals surface area contributed by atoms with Gasteiger partial charge in [0.25, 0.3) is 0 Å². The minimum atomic E-state index is 0.183. The fourth-order valence-electron chi connectivity index (χ4n) is 5.13. The van der Waals surface area contributed by atoms with Crippen LogP contribution in [0.5, 0.6) is 11.5 Å². The highest BCUT2D eigenvalue weighted by molar-refractivity contribution is 5.32. The molecule has 0 amide bonds. The van der Waals surface area contributed by atoms with Gasteiger partial charge in [-0.05, 0) is 85.8 Å². The fourth-order valence-corrected chi connectivity index (χ4v) is 5.13. The summed E-state index contributed by atoms with van der Waals surface area (Å²) in [6, 6.07) is 17.6. The molecule has 0 radical (unpaired) electrons. The minimum Gasteiger partial charge on any atom is -0.488 e. The van der Waals surface area contributed by atoms with E-state index in [1.165, 1.54) is 36.8 Å². The minimum absolute atomic E-state index is 0.183. The van der Waals surface area contributed by atoms with E-state index in [9.17, 15) is 0 Å². The zero-order valence-electron chi connectivity index (χ0n) is 19.4. The predicted molar refractivity (Wildman–Crippen MR) is 126 cm³/mol. The first-order chi connectivity index (χ1) is 15.7. The molecule has 0 N–H and O–H groups in total. The summed E-state index contributed by atoms with van der Waals surface area (Å²) >= 11 is 0. The summed E-state index contributed by atoms with van der Waals surface area (Å²) in [5.74, 6) is 3.23. The average Bonchev–Trinajstić information content (AvgIpc) is 3.76. The van der Waals surface area contributed by atoms with Crippen LogP contribution in [0.3, 0.4) is 0 Å². The Bertz CT molecular complexity index is 773. The highest BCUT2D eigenvalue weighted by Gasteiger charge is 2.34. The Morgan fingerprint density at radius 1 is 0.656 bits per heavy atom. The quantitative estimate of drug-likeness (QED) is 0.414. The standard InChI is InChI=1S/C28H36O4/c1-3-25(27-17-29-27)31-23-13-9-21(10-14-23)19-5-7-20(8-6-19)22-11-15-24(16-12-22)32-26(4-2)28-18-30-28/h9-16,19-20,25-28H,3-8,17-18H2,1-2H3. The van der Waals surface area contributed by atoms with Crippen molar-refractivity contribution in [1.82, 2.24) is 0 Å². The van der Waals surface area contributed by atoms with Crippen LogP contribution in [0.4, 0.5) is 0 Å². The van der Waals surface area contributed by atoms with Crippen molar-refractivity contribution >= 4 is 0 Å². The number of hydrogen-bond acceptors (Lipinski definition) is 4. The molecule has 1 aliphatic carbocycles. The molecule has 5 rings (SSSR count). The SMILES string of the molecule is CCC(Oc1ccc(C2CCC(c3ccc(OC(CC)C4CO4)cc3)CC2)cc1)C1CO1. The molecule has 1 saturated carbocycles. The molecule has 2 aromatic rings. The maximum Gasteiger partial charge on any atom is 0.127 e. The largest absolute Gasteiger partial charge is 0.488 e. The van der Waals surface area contributed by atoms with Crippen LogP contribution in [0.15, 0.2) is 48.5 Å². The molecule has 4 heteroatoms. The Morgan fingerprint density at radius 2 is 1.00 bits per heavy atom. The van der Waals surface area contributed by atoms with E-state index in [1.807, 2.05) is 0 Å². The van der Waals surface area contributed by atoms with Crippen LogP contribution in [-0.4, -0.2) is 37.6 Å². The van der Waals surface area contributed by atoms with Crippen LogP contribution in [0.25, 0.3) is 0 Å². The first-order valence-electron chi connectivity index (χ1n) is 12.5. The molecule has 2 saturated heterocycles. The van der Waals surface area contributed by atoms with Crippen LogP contribution in [0.2, 0.25) is 0 Å². The monoisotopic (exact) mass is 436 g/mol. The topological polar surface area (TPSA) is 43.5 Å². The van der Waals surface area contributed by atoms with Gasteiger partial charge in [0, 0.05) is 0 Å². The third-order valence-corrected chi connectivity index (χ3v) is 7.36. The third kappa shape index (κ3) is 5.29. The molecular weight excluding hydrogens is 400 g/mol. The van der Waals surface area contributed by atoms with Crippen molar-refractivity contribution in [1.29, 1.82) is 0 Å². The molecule has 4 nitrogen and oxygen atoms in total.